The molecule has 3 aromatic heterocycles. The maximum atomic E-state index is 12.0. The van der Waals surface area contributed by atoms with Crippen molar-refractivity contribution in [1.82, 2.24) is 34.8 Å². The van der Waals surface area contributed by atoms with Crippen LogP contribution in [-0.4, -0.2) is 66.1 Å². The highest BCUT2D eigenvalue weighted by Gasteiger charge is 2.24. The molecule has 29 heavy (non-hydrogen) atoms. The lowest BCUT2D eigenvalue weighted by Crippen LogP contribution is -2.44. The lowest BCUT2D eigenvalue weighted by Gasteiger charge is -2.33. The van der Waals surface area contributed by atoms with Gasteiger partial charge in [-0.1, -0.05) is 6.58 Å². The summed E-state index contributed by atoms with van der Waals surface area (Å²) in [6.45, 7) is 4.95. The zero-order valence-electron chi connectivity index (χ0n) is 16.3. The maximum absolute atomic E-state index is 12.0. The molecule has 0 aliphatic carbocycles. The van der Waals surface area contributed by atoms with Crippen LogP contribution in [0.25, 0.3) is 11.0 Å². The maximum Gasteiger partial charge on any atom is 0.246 e. The molecule has 1 unspecified atom stereocenters. The molecule has 152 valence electrons. The molecule has 4 heterocycles. The third-order valence-electron chi connectivity index (χ3n) is 4.79. The second-order valence-corrected chi connectivity index (χ2v) is 7.65. The first-order chi connectivity index (χ1) is 14.1. The Bertz CT molecular complexity index is 1040. The summed E-state index contributed by atoms with van der Waals surface area (Å²) in [5.41, 5.74) is 1.44. The second kappa shape index (κ2) is 8.11. The number of amides is 1. The molecule has 11 heteroatoms. The first-order valence-electron chi connectivity index (χ1n) is 9.31. The van der Waals surface area contributed by atoms with Crippen LogP contribution in [-0.2, 0) is 11.8 Å². The molecule has 0 spiro atoms. The molecule has 1 atom stereocenters. The van der Waals surface area contributed by atoms with Crippen LogP contribution in [0.5, 0.6) is 0 Å². The molecule has 0 radical (unpaired) electrons. The molecule has 1 amide bonds. The highest BCUT2D eigenvalue weighted by Crippen LogP contribution is 2.31. The van der Waals surface area contributed by atoms with E-state index in [0.717, 1.165) is 35.5 Å². The van der Waals surface area contributed by atoms with E-state index in [-0.39, 0.29) is 11.9 Å². The Morgan fingerprint density at radius 2 is 2.31 bits per heavy atom. The molecule has 1 saturated heterocycles. The lowest BCUT2D eigenvalue weighted by atomic mass is 10.1. The molecule has 1 fully saturated rings. The van der Waals surface area contributed by atoms with Crippen LogP contribution >= 0.6 is 11.8 Å². The number of anilines is 3. The van der Waals surface area contributed by atoms with Gasteiger partial charge in [0.05, 0.1) is 17.3 Å². The van der Waals surface area contributed by atoms with Gasteiger partial charge in [0.2, 0.25) is 11.9 Å². The summed E-state index contributed by atoms with van der Waals surface area (Å²) < 4.78 is 1.70. The van der Waals surface area contributed by atoms with E-state index in [1.807, 2.05) is 24.4 Å². The van der Waals surface area contributed by atoms with Crippen molar-refractivity contribution in [2.75, 3.05) is 30.0 Å². The molecule has 0 saturated carbocycles. The zero-order valence-corrected chi connectivity index (χ0v) is 17.2. The van der Waals surface area contributed by atoms with Crippen LogP contribution in [0.2, 0.25) is 0 Å². The van der Waals surface area contributed by atoms with Gasteiger partial charge in [0.1, 0.15) is 10.8 Å². The van der Waals surface area contributed by atoms with Gasteiger partial charge in [-0.3, -0.25) is 14.6 Å². The average Bonchev–Trinajstić information content (AvgIpc) is 3.33. The van der Waals surface area contributed by atoms with Crippen molar-refractivity contribution in [3.63, 3.8) is 0 Å². The quantitative estimate of drug-likeness (QED) is 0.416. The number of carbonyl (C=O) groups is 1. The molecule has 0 aromatic carbocycles. The fraction of sp³-hybridized carbons (Fsp3) is 0.389. The predicted molar refractivity (Wildman–Crippen MR) is 113 cm³/mol. The van der Waals surface area contributed by atoms with Crippen molar-refractivity contribution < 1.29 is 4.79 Å². The highest BCUT2D eigenvalue weighted by atomic mass is 32.2. The normalized spacial score (nSPS) is 16.8. The number of carbonyl (C=O) groups excluding carboxylic acids is 1. The second-order valence-electron chi connectivity index (χ2n) is 6.85. The van der Waals surface area contributed by atoms with Crippen molar-refractivity contribution in [2.45, 2.75) is 23.9 Å². The summed E-state index contributed by atoms with van der Waals surface area (Å²) in [6.07, 6.45) is 8.76. The van der Waals surface area contributed by atoms with Gasteiger partial charge in [0.25, 0.3) is 0 Å². The lowest BCUT2D eigenvalue weighted by molar-refractivity contribution is -0.127. The van der Waals surface area contributed by atoms with Crippen LogP contribution < -0.4 is 10.6 Å². The largest absolute Gasteiger partial charge is 0.365 e. The topological polar surface area (TPSA) is 117 Å². The summed E-state index contributed by atoms with van der Waals surface area (Å²) in [5.74, 6) is 1.09. The number of aromatic amines is 1. The van der Waals surface area contributed by atoms with Gasteiger partial charge in [-0.2, -0.15) is 20.2 Å². The minimum absolute atomic E-state index is 0.0450. The zero-order chi connectivity index (χ0) is 20.4. The first kappa shape index (κ1) is 19.2. The number of hydrogen-bond donors (Lipinski definition) is 3. The van der Waals surface area contributed by atoms with Gasteiger partial charge in [0.15, 0.2) is 5.65 Å². The number of piperidine rings is 1. The molecule has 3 N–H and O–H groups in total. The smallest absolute Gasteiger partial charge is 0.246 e. The molecule has 3 aromatic rings. The number of likely N-dealkylation sites (tertiary alicyclic amines) is 1. The Labute approximate surface area is 172 Å². The summed E-state index contributed by atoms with van der Waals surface area (Å²) in [7, 11) is 1.85. The monoisotopic (exact) mass is 413 g/mol. The van der Waals surface area contributed by atoms with Crippen molar-refractivity contribution in [3.8, 4) is 0 Å². The molecule has 1 aliphatic rings. The summed E-state index contributed by atoms with van der Waals surface area (Å²) in [5, 5.41) is 19.9. The Kier molecular flexibility index (Phi) is 5.38. The van der Waals surface area contributed by atoms with E-state index < -0.39 is 0 Å². The van der Waals surface area contributed by atoms with Crippen LogP contribution in [0.4, 0.5) is 17.5 Å². The van der Waals surface area contributed by atoms with E-state index in [2.05, 4.69) is 37.5 Å². The fourth-order valence-corrected chi connectivity index (χ4v) is 3.98. The van der Waals surface area contributed by atoms with Crippen molar-refractivity contribution >= 4 is 46.2 Å². The number of H-pyrrole nitrogens is 1. The molecule has 4 rings (SSSR count). The van der Waals surface area contributed by atoms with E-state index in [9.17, 15) is 4.79 Å². The minimum Gasteiger partial charge on any atom is -0.365 e. The van der Waals surface area contributed by atoms with E-state index >= 15 is 0 Å². The standard InChI is InChI=1S/C18H23N9OS/c1-4-13(28)27-7-5-6-11(10-27)20-15-14-16(24-25-17(14)29-3)23-18(22-15)21-12-8-19-26(2)9-12/h4,8-9,11H,1,5-7,10H2,2-3H3,(H3,20,21,22,23,24,25). The van der Waals surface area contributed by atoms with Gasteiger partial charge in [-0.05, 0) is 25.2 Å². The Morgan fingerprint density at radius 1 is 1.45 bits per heavy atom. The Balaban J connectivity index is 1.64. The number of aryl methyl sites for hydroxylation is 1. The number of fused-ring (bicyclic) bond motifs is 1. The summed E-state index contributed by atoms with van der Waals surface area (Å²) in [4.78, 5) is 23.1. The Hall–Kier alpha value is -3.08. The van der Waals surface area contributed by atoms with Crippen molar-refractivity contribution in [3.05, 3.63) is 25.0 Å². The van der Waals surface area contributed by atoms with Gasteiger partial charge < -0.3 is 15.5 Å². The molecular weight excluding hydrogens is 390 g/mol. The van der Waals surface area contributed by atoms with Gasteiger partial charge in [-0.15, -0.1) is 11.8 Å². The summed E-state index contributed by atoms with van der Waals surface area (Å²) in [6, 6.07) is 0.0848. The van der Waals surface area contributed by atoms with Crippen LogP contribution in [0.1, 0.15) is 12.8 Å². The van der Waals surface area contributed by atoms with Gasteiger partial charge >= 0.3 is 0 Å². The SMILES string of the molecule is C=CC(=O)N1CCCC(Nc2nc(Nc3cnn(C)c3)nc3[nH]nc(SC)c23)C1. The number of nitrogens with one attached hydrogen (secondary N) is 3. The van der Waals surface area contributed by atoms with Crippen molar-refractivity contribution in [2.24, 2.45) is 7.05 Å². The number of hydrogen-bond acceptors (Lipinski definition) is 8. The van der Waals surface area contributed by atoms with Gasteiger partial charge in [0, 0.05) is 32.4 Å². The number of rotatable bonds is 6. The van der Waals surface area contributed by atoms with E-state index in [1.54, 1.807) is 10.9 Å². The van der Waals surface area contributed by atoms with E-state index in [0.29, 0.717) is 24.0 Å². The summed E-state index contributed by atoms with van der Waals surface area (Å²) >= 11 is 1.53. The van der Waals surface area contributed by atoms with Crippen LogP contribution in [0, 0.1) is 0 Å². The third kappa shape index (κ3) is 4.04. The first-order valence-corrected chi connectivity index (χ1v) is 10.5. The molecule has 10 nitrogen and oxygen atoms in total. The van der Waals surface area contributed by atoms with E-state index in [4.69, 9.17) is 4.98 Å². The number of thioether (sulfide) groups is 1. The van der Waals surface area contributed by atoms with Crippen molar-refractivity contribution in [1.29, 1.82) is 0 Å². The molecule has 0 bridgehead atoms. The predicted octanol–water partition coefficient (Wildman–Crippen LogP) is 2.14. The number of aromatic nitrogens is 6. The number of nitrogens with zero attached hydrogens (tertiary/aromatic N) is 6. The average molecular weight is 414 g/mol. The van der Waals surface area contributed by atoms with Crippen LogP contribution in [0.15, 0.2) is 30.1 Å². The minimum atomic E-state index is -0.0450. The third-order valence-corrected chi connectivity index (χ3v) is 5.47. The van der Waals surface area contributed by atoms with Crippen LogP contribution in [0.3, 0.4) is 0 Å². The van der Waals surface area contributed by atoms with E-state index in [1.165, 1.54) is 17.8 Å². The highest BCUT2D eigenvalue weighted by molar-refractivity contribution is 7.98. The molecular formula is C18H23N9OS. The fourth-order valence-electron chi connectivity index (χ4n) is 3.44. The Morgan fingerprint density at radius 3 is 3.03 bits per heavy atom. The van der Waals surface area contributed by atoms with Gasteiger partial charge in [-0.25, -0.2) is 0 Å². The molecule has 1 aliphatic heterocycles.